The zero-order valence-electron chi connectivity index (χ0n) is 15.1. The van der Waals surface area contributed by atoms with E-state index in [1.807, 2.05) is 62.4 Å². The van der Waals surface area contributed by atoms with Crippen LogP contribution in [0.1, 0.15) is 11.6 Å². The van der Waals surface area contributed by atoms with Gasteiger partial charge < -0.3 is 19.8 Å². The van der Waals surface area contributed by atoms with E-state index >= 15 is 0 Å². The molecule has 25 heavy (non-hydrogen) atoms. The maximum atomic E-state index is 4.32. The first-order valence-electron chi connectivity index (χ1n) is 8.23. The molecule has 0 saturated heterocycles. The number of guanidine groups is 1. The topological polar surface area (TPSA) is 72.1 Å². The Morgan fingerprint density at radius 3 is 1.80 bits per heavy atom. The van der Waals surface area contributed by atoms with Crippen molar-refractivity contribution in [1.29, 1.82) is 0 Å². The third-order valence-electron chi connectivity index (χ3n) is 3.61. The number of hydrogen-bond acceptors (Lipinski definition) is 5. The van der Waals surface area contributed by atoms with Crippen LogP contribution < -0.4 is 10.6 Å². The van der Waals surface area contributed by atoms with Crippen LogP contribution in [-0.2, 0) is 25.6 Å². The van der Waals surface area contributed by atoms with E-state index in [0.717, 1.165) is 53.7 Å². The van der Waals surface area contributed by atoms with Crippen molar-refractivity contribution in [3.05, 3.63) is 36.4 Å². The fourth-order valence-corrected chi connectivity index (χ4v) is 3.80. The fraction of sp³-hybridized carbons (Fsp3) is 0.562. The molecule has 2 aromatic heterocycles. The molecular weight excluding hydrogens is 354 g/mol. The van der Waals surface area contributed by atoms with Crippen molar-refractivity contribution in [1.82, 2.24) is 29.7 Å². The number of aromatic nitrogens is 4. The molecule has 0 atom stereocenters. The number of rotatable bonds is 10. The first-order chi connectivity index (χ1) is 12.2. The summed E-state index contributed by atoms with van der Waals surface area (Å²) in [5, 5.41) is 6.69. The molecular formula is C16H27N7S2. The van der Waals surface area contributed by atoms with Crippen molar-refractivity contribution in [3.63, 3.8) is 0 Å². The number of nitrogens with zero attached hydrogens (tertiary/aromatic N) is 5. The molecule has 9 heteroatoms. The molecule has 0 spiro atoms. The van der Waals surface area contributed by atoms with Gasteiger partial charge in [-0.3, -0.25) is 4.99 Å². The van der Waals surface area contributed by atoms with Gasteiger partial charge in [0.1, 0.15) is 11.6 Å². The maximum Gasteiger partial charge on any atom is 0.191 e. The number of aryl methyl sites for hydroxylation is 2. The Hall–Kier alpha value is -1.61. The van der Waals surface area contributed by atoms with Crippen LogP contribution >= 0.6 is 23.5 Å². The molecule has 2 heterocycles. The van der Waals surface area contributed by atoms with Gasteiger partial charge in [0.2, 0.25) is 0 Å². The average molecular weight is 382 g/mol. The van der Waals surface area contributed by atoms with Gasteiger partial charge in [-0.2, -0.15) is 23.5 Å². The highest BCUT2D eigenvalue weighted by Gasteiger charge is 2.01. The fourth-order valence-electron chi connectivity index (χ4n) is 2.10. The van der Waals surface area contributed by atoms with Crippen LogP contribution in [0.5, 0.6) is 0 Å². The van der Waals surface area contributed by atoms with Crippen molar-refractivity contribution in [2.45, 2.75) is 11.5 Å². The summed E-state index contributed by atoms with van der Waals surface area (Å²) in [7, 11) is 5.86. The van der Waals surface area contributed by atoms with E-state index in [9.17, 15) is 0 Å². The lowest BCUT2D eigenvalue weighted by Crippen LogP contribution is -2.39. The van der Waals surface area contributed by atoms with E-state index in [1.54, 1.807) is 7.05 Å². The molecule has 0 radical (unpaired) electrons. The smallest absolute Gasteiger partial charge is 0.191 e. The quantitative estimate of drug-likeness (QED) is 0.369. The first kappa shape index (κ1) is 19.7. The van der Waals surface area contributed by atoms with Gasteiger partial charge >= 0.3 is 0 Å². The Bertz CT molecular complexity index is 598. The number of aliphatic imine (C=N–C) groups is 1. The summed E-state index contributed by atoms with van der Waals surface area (Å²) in [4.78, 5) is 12.9. The van der Waals surface area contributed by atoms with Crippen LogP contribution in [0.3, 0.4) is 0 Å². The largest absolute Gasteiger partial charge is 0.356 e. The molecule has 0 bridgehead atoms. The summed E-state index contributed by atoms with van der Waals surface area (Å²) < 4.78 is 4.12. The monoisotopic (exact) mass is 381 g/mol. The lowest BCUT2D eigenvalue weighted by molar-refractivity contribution is 0.843. The molecule has 0 unspecified atom stereocenters. The second-order valence-corrected chi connectivity index (χ2v) is 7.65. The molecule has 2 N–H and O–H groups in total. The molecule has 0 aliphatic heterocycles. The predicted molar refractivity (Wildman–Crippen MR) is 108 cm³/mol. The summed E-state index contributed by atoms with van der Waals surface area (Å²) in [6.07, 6.45) is 7.63. The van der Waals surface area contributed by atoms with Gasteiger partial charge in [-0.05, 0) is 0 Å². The van der Waals surface area contributed by atoms with Gasteiger partial charge in [0.15, 0.2) is 5.96 Å². The first-order valence-corrected chi connectivity index (χ1v) is 10.5. The van der Waals surface area contributed by atoms with Gasteiger partial charge in [-0.25, -0.2) is 9.97 Å². The molecule has 2 rings (SSSR count). The predicted octanol–water partition coefficient (Wildman–Crippen LogP) is 1.49. The van der Waals surface area contributed by atoms with Gasteiger partial charge in [-0.15, -0.1) is 0 Å². The maximum absolute atomic E-state index is 4.32. The van der Waals surface area contributed by atoms with E-state index in [1.165, 1.54) is 0 Å². The van der Waals surface area contributed by atoms with E-state index in [2.05, 4.69) is 34.7 Å². The highest BCUT2D eigenvalue weighted by atomic mass is 32.2. The third-order valence-corrected chi connectivity index (χ3v) is 5.52. The minimum absolute atomic E-state index is 0.857. The highest BCUT2D eigenvalue weighted by molar-refractivity contribution is 7.98. The lowest BCUT2D eigenvalue weighted by Gasteiger charge is -2.11. The van der Waals surface area contributed by atoms with Crippen LogP contribution in [0.4, 0.5) is 0 Å². The van der Waals surface area contributed by atoms with Crippen LogP contribution in [0.25, 0.3) is 0 Å². The van der Waals surface area contributed by atoms with Gasteiger partial charge in [0.05, 0.1) is 11.5 Å². The molecule has 0 saturated carbocycles. The lowest BCUT2D eigenvalue weighted by atomic mass is 10.6. The summed E-state index contributed by atoms with van der Waals surface area (Å²) in [6.45, 7) is 1.77. The van der Waals surface area contributed by atoms with Crippen molar-refractivity contribution in [2.24, 2.45) is 19.1 Å². The average Bonchev–Trinajstić information content (AvgIpc) is 3.21. The normalized spacial score (nSPS) is 10.7. The second-order valence-electron chi connectivity index (χ2n) is 5.44. The van der Waals surface area contributed by atoms with Crippen molar-refractivity contribution in [2.75, 3.05) is 31.6 Å². The van der Waals surface area contributed by atoms with Crippen molar-refractivity contribution < 1.29 is 0 Å². The molecule has 0 aromatic carbocycles. The zero-order chi connectivity index (χ0) is 17.9. The Kier molecular flexibility index (Phi) is 8.75. The summed E-state index contributed by atoms with van der Waals surface area (Å²) in [5.74, 6) is 6.97. The summed E-state index contributed by atoms with van der Waals surface area (Å²) in [6, 6.07) is 0. The van der Waals surface area contributed by atoms with Crippen molar-refractivity contribution >= 4 is 29.5 Å². The van der Waals surface area contributed by atoms with E-state index in [-0.39, 0.29) is 0 Å². The third kappa shape index (κ3) is 7.03. The Labute approximate surface area is 158 Å². The van der Waals surface area contributed by atoms with Crippen LogP contribution in [0.15, 0.2) is 29.8 Å². The standard InChI is InChI=1S/C16H27N7S2/c1-17-16(20-6-10-24-12-14-18-4-8-22(14)2)21-7-11-25-13-15-19-5-9-23(15)3/h4-5,8-9H,6-7,10-13H2,1-3H3,(H2,17,20,21). The minimum atomic E-state index is 0.857. The summed E-state index contributed by atoms with van der Waals surface area (Å²) in [5.41, 5.74) is 0. The number of nitrogens with one attached hydrogen (secondary N) is 2. The Morgan fingerprint density at radius 1 is 0.960 bits per heavy atom. The van der Waals surface area contributed by atoms with Gasteiger partial charge in [0.25, 0.3) is 0 Å². The van der Waals surface area contributed by atoms with Crippen LogP contribution in [0.2, 0.25) is 0 Å². The molecule has 0 amide bonds. The van der Waals surface area contributed by atoms with E-state index in [4.69, 9.17) is 0 Å². The Balaban J connectivity index is 1.50. The molecule has 138 valence electrons. The van der Waals surface area contributed by atoms with Crippen molar-refractivity contribution in [3.8, 4) is 0 Å². The molecule has 0 fully saturated rings. The Morgan fingerprint density at radius 2 is 1.44 bits per heavy atom. The van der Waals surface area contributed by atoms with Gasteiger partial charge in [-0.1, -0.05) is 0 Å². The zero-order valence-corrected chi connectivity index (χ0v) is 16.7. The molecule has 0 aliphatic rings. The van der Waals surface area contributed by atoms with Crippen LogP contribution in [0, 0.1) is 0 Å². The van der Waals surface area contributed by atoms with E-state index < -0.39 is 0 Å². The second kappa shape index (κ2) is 11.1. The summed E-state index contributed by atoms with van der Waals surface area (Å²) >= 11 is 3.73. The minimum Gasteiger partial charge on any atom is -0.356 e. The number of hydrogen-bond donors (Lipinski definition) is 2. The number of imidazole rings is 2. The molecule has 2 aromatic rings. The SMILES string of the molecule is CN=C(NCCSCc1nccn1C)NCCSCc1nccn1C. The van der Waals surface area contributed by atoms with E-state index in [0.29, 0.717) is 0 Å². The molecule has 0 aliphatic carbocycles. The van der Waals surface area contributed by atoms with Crippen LogP contribution in [-0.4, -0.2) is 56.7 Å². The molecule has 7 nitrogen and oxygen atoms in total. The highest BCUT2D eigenvalue weighted by Crippen LogP contribution is 2.09. The van der Waals surface area contributed by atoms with Gasteiger partial charge in [0, 0.05) is 70.5 Å². The number of thioether (sulfide) groups is 2.